The Labute approximate surface area is 150 Å². The summed E-state index contributed by atoms with van der Waals surface area (Å²) < 4.78 is 0.878. The molecule has 24 heavy (non-hydrogen) atoms. The van der Waals surface area contributed by atoms with Crippen molar-refractivity contribution in [3.8, 4) is 6.07 Å². The second-order valence-corrected chi connectivity index (χ2v) is 7.36. The summed E-state index contributed by atoms with van der Waals surface area (Å²) in [5, 5.41) is 9.12. The topological polar surface area (TPSA) is 43.2 Å². The Bertz CT molecular complexity index is 771. The van der Waals surface area contributed by atoms with Crippen LogP contribution in [-0.2, 0) is 0 Å². The lowest BCUT2D eigenvalue weighted by Gasteiger charge is -2.40. The monoisotopic (exact) mass is 382 g/mol. The predicted molar refractivity (Wildman–Crippen MR) is 99.2 cm³/mol. The van der Waals surface area contributed by atoms with Crippen LogP contribution in [0.1, 0.15) is 18.4 Å². The van der Waals surface area contributed by atoms with E-state index in [9.17, 15) is 0 Å². The summed E-state index contributed by atoms with van der Waals surface area (Å²) in [5.74, 6) is 1.82. The number of hydrogen-bond acceptors (Lipinski definition) is 4. The highest BCUT2D eigenvalue weighted by Gasteiger charge is 2.38. The van der Waals surface area contributed by atoms with Crippen LogP contribution in [0.2, 0.25) is 0 Å². The summed E-state index contributed by atoms with van der Waals surface area (Å²) in [5.41, 5.74) is 1.89. The molecule has 4 nitrogen and oxygen atoms in total. The normalized spacial score (nSPS) is 23.0. The fraction of sp³-hybridized carbons (Fsp3) is 0.368. The lowest BCUT2D eigenvalue weighted by atomic mass is 9.92. The number of anilines is 2. The molecule has 2 fully saturated rings. The Hall–Kier alpha value is -2.06. The van der Waals surface area contributed by atoms with E-state index in [-0.39, 0.29) is 0 Å². The number of aromatic nitrogens is 1. The van der Waals surface area contributed by atoms with E-state index in [1.807, 2.05) is 18.3 Å². The molecule has 0 amide bonds. The van der Waals surface area contributed by atoms with Crippen LogP contribution in [-0.4, -0.2) is 30.7 Å². The fourth-order valence-corrected chi connectivity index (χ4v) is 4.44. The van der Waals surface area contributed by atoms with Gasteiger partial charge in [0.1, 0.15) is 11.9 Å². The fourth-order valence-electron chi connectivity index (χ4n) is 3.98. The Morgan fingerprint density at radius 3 is 2.79 bits per heavy atom. The Morgan fingerprint density at radius 2 is 2.04 bits per heavy atom. The van der Waals surface area contributed by atoms with E-state index in [4.69, 9.17) is 5.26 Å². The van der Waals surface area contributed by atoms with Gasteiger partial charge in [-0.3, -0.25) is 0 Å². The molecule has 2 aromatic rings. The van der Waals surface area contributed by atoms with E-state index < -0.39 is 0 Å². The van der Waals surface area contributed by atoms with Crippen molar-refractivity contribution in [2.24, 2.45) is 5.92 Å². The molecule has 0 aliphatic carbocycles. The second-order valence-electron chi connectivity index (χ2n) is 6.51. The van der Waals surface area contributed by atoms with Gasteiger partial charge in [-0.05, 0) is 65.0 Å². The third-order valence-corrected chi connectivity index (χ3v) is 5.90. The molecule has 0 saturated carbocycles. The molecule has 4 rings (SSSR count). The zero-order valence-corrected chi connectivity index (χ0v) is 15.0. The van der Waals surface area contributed by atoms with Crippen LogP contribution in [0.25, 0.3) is 0 Å². The molecular formula is C19H19BrN4. The molecule has 1 aromatic heterocycles. The largest absolute Gasteiger partial charge is 0.366 e. The lowest BCUT2D eigenvalue weighted by molar-refractivity contribution is 0.389. The van der Waals surface area contributed by atoms with Gasteiger partial charge in [0, 0.05) is 42.0 Å². The van der Waals surface area contributed by atoms with Gasteiger partial charge in [0.05, 0.1) is 5.56 Å². The van der Waals surface area contributed by atoms with E-state index in [0.717, 1.165) is 35.8 Å². The number of nitrogens with zero attached hydrogens (tertiary/aromatic N) is 4. The van der Waals surface area contributed by atoms with Gasteiger partial charge in [-0.15, -0.1) is 0 Å². The first kappa shape index (κ1) is 15.5. The number of halogens is 1. The van der Waals surface area contributed by atoms with Crippen LogP contribution in [0, 0.1) is 17.2 Å². The SMILES string of the molecule is N#Cc1ccc(N2CCC3CCN(c4ccccn4)CC32)cc1Br. The quantitative estimate of drug-likeness (QED) is 0.791. The number of piperidine rings is 1. The van der Waals surface area contributed by atoms with Crippen molar-refractivity contribution in [2.75, 3.05) is 29.4 Å². The van der Waals surface area contributed by atoms with Gasteiger partial charge in [-0.1, -0.05) is 6.07 Å². The van der Waals surface area contributed by atoms with Crippen LogP contribution in [0.3, 0.4) is 0 Å². The Morgan fingerprint density at radius 1 is 1.17 bits per heavy atom. The van der Waals surface area contributed by atoms with Crippen molar-refractivity contribution < 1.29 is 0 Å². The van der Waals surface area contributed by atoms with Crippen molar-refractivity contribution in [3.05, 3.63) is 52.6 Å². The summed E-state index contributed by atoms with van der Waals surface area (Å²) in [7, 11) is 0. The molecule has 5 heteroatoms. The van der Waals surface area contributed by atoms with Crippen molar-refractivity contribution in [2.45, 2.75) is 18.9 Å². The average Bonchev–Trinajstić information content (AvgIpc) is 3.05. The van der Waals surface area contributed by atoms with Gasteiger partial charge >= 0.3 is 0 Å². The van der Waals surface area contributed by atoms with Crippen LogP contribution in [0.15, 0.2) is 47.1 Å². The number of benzene rings is 1. The highest BCUT2D eigenvalue weighted by atomic mass is 79.9. The molecule has 0 N–H and O–H groups in total. The maximum absolute atomic E-state index is 9.12. The highest BCUT2D eigenvalue weighted by molar-refractivity contribution is 9.10. The third-order valence-electron chi connectivity index (χ3n) is 5.24. The number of rotatable bonds is 2. The smallest absolute Gasteiger partial charge is 0.128 e. The van der Waals surface area contributed by atoms with E-state index >= 15 is 0 Å². The number of pyridine rings is 1. The molecule has 0 bridgehead atoms. The molecular weight excluding hydrogens is 364 g/mol. The average molecular weight is 383 g/mol. The second kappa shape index (κ2) is 6.45. The molecule has 2 unspecified atom stereocenters. The van der Waals surface area contributed by atoms with Gasteiger partial charge in [0.15, 0.2) is 0 Å². The van der Waals surface area contributed by atoms with E-state index in [2.05, 4.69) is 61.0 Å². The van der Waals surface area contributed by atoms with Gasteiger partial charge in [0.2, 0.25) is 0 Å². The predicted octanol–water partition coefficient (Wildman–Crippen LogP) is 3.82. The van der Waals surface area contributed by atoms with Crippen LogP contribution >= 0.6 is 15.9 Å². The lowest BCUT2D eigenvalue weighted by Crippen LogP contribution is -2.48. The summed E-state index contributed by atoms with van der Waals surface area (Å²) >= 11 is 3.52. The number of nitriles is 1. The molecule has 2 saturated heterocycles. The first-order chi connectivity index (χ1) is 11.8. The van der Waals surface area contributed by atoms with Crippen molar-refractivity contribution in [1.29, 1.82) is 5.26 Å². The van der Waals surface area contributed by atoms with Crippen LogP contribution in [0.5, 0.6) is 0 Å². The van der Waals surface area contributed by atoms with Crippen LogP contribution < -0.4 is 9.80 Å². The number of hydrogen-bond donors (Lipinski definition) is 0. The maximum Gasteiger partial charge on any atom is 0.128 e. The molecule has 2 aliphatic rings. The highest BCUT2D eigenvalue weighted by Crippen LogP contribution is 2.37. The first-order valence-corrected chi connectivity index (χ1v) is 9.18. The molecule has 1 aromatic carbocycles. The van der Waals surface area contributed by atoms with Crippen molar-refractivity contribution in [1.82, 2.24) is 4.98 Å². The van der Waals surface area contributed by atoms with E-state index in [0.29, 0.717) is 11.6 Å². The summed E-state index contributed by atoms with van der Waals surface area (Å²) in [6.07, 6.45) is 4.33. The zero-order chi connectivity index (χ0) is 16.5. The minimum absolute atomic E-state index is 0.514. The van der Waals surface area contributed by atoms with Gasteiger partial charge in [-0.2, -0.15) is 5.26 Å². The van der Waals surface area contributed by atoms with E-state index in [1.54, 1.807) is 0 Å². The Balaban J connectivity index is 1.58. The minimum Gasteiger partial charge on any atom is -0.366 e. The zero-order valence-electron chi connectivity index (χ0n) is 13.4. The van der Waals surface area contributed by atoms with E-state index in [1.165, 1.54) is 18.5 Å². The molecule has 3 heterocycles. The van der Waals surface area contributed by atoms with Gasteiger partial charge in [0.25, 0.3) is 0 Å². The van der Waals surface area contributed by atoms with Crippen LogP contribution in [0.4, 0.5) is 11.5 Å². The summed E-state index contributed by atoms with van der Waals surface area (Å²) in [6, 6.07) is 14.9. The van der Waals surface area contributed by atoms with Crippen molar-refractivity contribution in [3.63, 3.8) is 0 Å². The summed E-state index contributed by atoms with van der Waals surface area (Å²) in [6.45, 7) is 3.19. The molecule has 2 aliphatic heterocycles. The third kappa shape index (κ3) is 2.76. The van der Waals surface area contributed by atoms with Gasteiger partial charge in [-0.25, -0.2) is 4.98 Å². The first-order valence-electron chi connectivity index (χ1n) is 8.38. The number of fused-ring (bicyclic) bond motifs is 1. The molecule has 0 radical (unpaired) electrons. The standard InChI is InChI=1S/C19H19BrN4/c20-17-11-16(5-4-15(17)12-21)24-10-7-14-6-9-23(13-18(14)24)19-3-1-2-8-22-19/h1-5,8,11,14,18H,6-7,9-10,13H2. The minimum atomic E-state index is 0.514. The maximum atomic E-state index is 9.12. The molecule has 122 valence electrons. The van der Waals surface area contributed by atoms with Gasteiger partial charge < -0.3 is 9.80 Å². The summed E-state index contributed by atoms with van der Waals surface area (Å²) in [4.78, 5) is 9.42. The Kier molecular flexibility index (Phi) is 4.15. The molecule has 2 atom stereocenters. The molecule has 0 spiro atoms. The van der Waals surface area contributed by atoms with Crippen molar-refractivity contribution >= 4 is 27.4 Å².